The SMILES string of the molecule is COc1ccc(CC(=O)c2cc(C(C)(C)C)c(O)c([C@@H]3O[C@H](COCc4ccccc4)[C@@H](OCc4ccccc4)[C@H](OCc4ccccc4)[C@H]3OCc3ccccc3)c2O)cc1. The van der Waals surface area contributed by atoms with Gasteiger partial charge in [-0.15, -0.1) is 0 Å². The Bertz CT molecular complexity index is 2310. The van der Waals surface area contributed by atoms with Crippen LogP contribution in [0.4, 0.5) is 0 Å². The normalized spacial score (nSPS) is 18.9. The summed E-state index contributed by atoms with van der Waals surface area (Å²) in [7, 11) is 1.59. The van der Waals surface area contributed by atoms with Gasteiger partial charge >= 0.3 is 0 Å². The van der Waals surface area contributed by atoms with E-state index < -0.39 is 35.9 Å². The van der Waals surface area contributed by atoms with Crippen molar-refractivity contribution < 1.29 is 43.4 Å². The number of ketones is 1. The van der Waals surface area contributed by atoms with E-state index in [-0.39, 0.29) is 61.3 Å². The Kier molecular flexibility index (Phi) is 14.9. The topological polar surface area (TPSA) is 113 Å². The Balaban J connectivity index is 1.35. The van der Waals surface area contributed by atoms with Crippen molar-refractivity contribution in [3.63, 3.8) is 0 Å². The van der Waals surface area contributed by atoms with Gasteiger partial charge in [-0.05, 0) is 51.4 Å². The first-order chi connectivity index (χ1) is 30.1. The number of rotatable bonds is 18. The first kappa shape index (κ1) is 44.3. The molecule has 0 aliphatic carbocycles. The molecule has 1 aliphatic heterocycles. The molecule has 0 saturated carbocycles. The summed E-state index contributed by atoms with van der Waals surface area (Å²) >= 11 is 0. The van der Waals surface area contributed by atoms with Crippen LogP contribution in [-0.4, -0.2) is 54.1 Å². The van der Waals surface area contributed by atoms with E-state index in [1.54, 1.807) is 25.3 Å². The summed E-state index contributed by atoms with van der Waals surface area (Å²) < 4.78 is 39.5. The molecule has 0 bridgehead atoms. The molecular formula is C53H56O9. The minimum absolute atomic E-state index is 0.00102. The van der Waals surface area contributed by atoms with E-state index in [0.717, 1.165) is 27.8 Å². The standard InChI is InChI=1S/C53H56O9/c1-53(2,3)43-30-42(44(54)29-36-25-27-41(57-4)28-26-36)47(55)46(48(43)56)50-52(61-34-40-23-15-8-16-24-40)51(60-33-39-21-13-7-14-22-39)49(59-32-38-19-11-6-12-20-38)45(62-50)35-58-31-37-17-9-5-10-18-37/h5-28,30,45,49-52,55-56H,29,31-35H2,1-4H3/t45-,49-,50+,51+,52+/m1/s1. The molecule has 1 aliphatic rings. The predicted octanol–water partition coefficient (Wildman–Crippen LogP) is 10.2. The van der Waals surface area contributed by atoms with Crippen LogP contribution in [0, 0.1) is 0 Å². The van der Waals surface area contributed by atoms with E-state index >= 15 is 0 Å². The van der Waals surface area contributed by atoms with Crippen LogP contribution in [0.25, 0.3) is 0 Å². The van der Waals surface area contributed by atoms with Crippen LogP contribution >= 0.6 is 0 Å². The highest BCUT2D eigenvalue weighted by atomic mass is 16.6. The summed E-state index contributed by atoms with van der Waals surface area (Å²) in [6.07, 6.45) is -4.50. The van der Waals surface area contributed by atoms with Crippen molar-refractivity contribution in [1.82, 2.24) is 0 Å². The summed E-state index contributed by atoms with van der Waals surface area (Å²) in [6.45, 7) is 6.83. The van der Waals surface area contributed by atoms with Crippen molar-refractivity contribution in [3.8, 4) is 17.2 Å². The van der Waals surface area contributed by atoms with E-state index in [4.69, 9.17) is 28.4 Å². The molecule has 5 atom stereocenters. The minimum Gasteiger partial charge on any atom is -0.507 e. The molecule has 0 aromatic heterocycles. The van der Waals surface area contributed by atoms with Crippen molar-refractivity contribution in [2.45, 2.75) is 89.6 Å². The van der Waals surface area contributed by atoms with Crippen molar-refractivity contribution in [1.29, 1.82) is 0 Å². The fourth-order valence-corrected chi connectivity index (χ4v) is 7.78. The Morgan fingerprint density at radius 2 is 1.05 bits per heavy atom. The number of ether oxygens (including phenoxy) is 6. The molecule has 1 fully saturated rings. The average Bonchev–Trinajstić information content (AvgIpc) is 3.28. The molecule has 2 N–H and O–H groups in total. The fraction of sp³-hybridized carbons (Fsp3) is 0.302. The smallest absolute Gasteiger partial charge is 0.170 e. The summed E-state index contributed by atoms with van der Waals surface area (Å²) in [5, 5.41) is 24.8. The van der Waals surface area contributed by atoms with Gasteiger partial charge in [0.05, 0.1) is 51.3 Å². The molecule has 1 saturated heterocycles. The van der Waals surface area contributed by atoms with Gasteiger partial charge in [-0.3, -0.25) is 4.79 Å². The van der Waals surface area contributed by atoms with Crippen LogP contribution in [0.5, 0.6) is 17.2 Å². The number of aromatic hydroxyl groups is 2. The van der Waals surface area contributed by atoms with Gasteiger partial charge in [0.15, 0.2) is 5.78 Å². The number of methoxy groups -OCH3 is 1. The van der Waals surface area contributed by atoms with Gasteiger partial charge in [0.1, 0.15) is 47.8 Å². The Hall–Kier alpha value is -5.81. The predicted molar refractivity (Wildman–Crippen MR) is 238 cm³/mol. The van der Waals surface area contributed by atoms with Gasteiger partial charge in [-0.25, -0.2) is 0 Å². The number of carbonyl (C=O) groups excluding carboxylic acids is 1. The summed E-state index contributed by atoms with van der Waals surface area (Å²) in [5.74, 6) is -0.245. The van der Waals surface area contributed by atoms with Crippen LogP contribution in [0.15, 0.2) is 152 Å². The zero-order chi connectivity index (χ0) is 43.5. The van der Waals surface area contributed by atoms with Gasteiger partial charge in [0.25, 0.3) is 0 Å². The third-order valence-electron chi connectivity index (χ3n) is 11.1. The molecular weight excluding hydrogens is 781 g/mol. The monoisotopic (exact) mass is 836 g/mol. The Morgan fingerprint density at radius 1 is 0.581 bits per heavy atom. The maximum absolute atomic E-state index is 14.3. The van der Waals surface area contributed by atoms with Crippen molar-refractivity contribution in [3.05, 3.63) is 196 Å². The number of hydrogen-bond donors (Lipinski definition) is 2. The van der Waals surface area contributed by atoms with Crippen LogP contribution in [-0.2, 0) is 61.9 Å². The van der Waals surface area contributed by atoms with E-state index in [1.165, 1.54) is 0 Å². The van der Waals surface area contributed by atoms with Gasteiger partial charge < -0.3 is 38.6 Å². The molecule has 62 heavy (non-hydrogen) atoms. The number of Topliss-reactive ketones (excluding diaryl/α,β-unsaturated/α-hetero) is 1. The molecule has 0 amide bonds. The lowest BCUT2D eigenvalue weighted by Gasteiger charge is -2.47. The fourth-order valence-electron chi connectivity index (χ4n) is 7.78. The first-order valence-corrected chi connectivity index (χ1v) is 21.1. The summed E-state index contributed by atoms with van der Waals surface area (Å²) in [5.41, 5.74) is 4.42. The quantitative estimate of drug-likeness (QED) is 0.0817. The van der Waals surface area contributed by atoms with Crippen LogP contribution in [0.2, 0.25) is 0 Å². The second kappa shape index (κ2) is 20.8. The highest BCUT2D eigenvalue weighted by Gasteiger charge is 2.51. The van der Waals surface area contributed by atoms with Gasteiger partial charge in [-0.2, -0.15) is 0 Å². The third kappa shape index (κ3) is 11.2. The van der Waals surface area contributed by atoms with E-state index in [9.17, 15) is 15.0 Å². The molecule has 7 rings (SSSR count). The summed E-state index contributed by atoms with van der Waals surface area (Å²) in [6, 6.07) is 48.1. The zero-order valence-electron chi connectivity index (χ0n) is 35.8. The lowest BCUT2D eigenvalue weighted by atomic mass is 9.80. The van der Waals surface area contributed by atoms with Gasteiger partial charge in [-0.1, -0.05) is 154 Å². The molecule has 1 heterocycles. The molecule has 0 unspecified atom stereocenters. The number of phenols is 2. The Morgan fingerprint density at radius 3 is 1.53 bits per heavy atom. The number of hydrogen-bond acceptors (Lipinski definition) is 9. The number of phenolic OH excluding ortho intramolecular Hbond substituents is 2. The van der Waals surface area contributed by atoms with E-state index in [0.29, 0.717) is 17.9 Å². The van der Waals surface area contributed by atoms with Crippen LogP contribution in [0.3, 0.4) is 0 Å². The lowest BCUT2D eigenvalue weighted by molar-refractivity contribution is -0.275. The van der Waals surface area contributed by atoms with Crippen molar-refractivity contribution in [2.75, 3.05) is 13.7 Å². The van der Waals surface area contributed by atoms with Crippen molar-refractivity contribution in [2.24, 2.45) is 0 Å². The van der Waals surface area contributed by atoms with Gasteiger partial charge in [0, 0.05) is 12.0 Å². The van der Waals surface area contributed by atoms with E-state index in [2.05, 4.69) is 0 Å². The highest BCUT2D eigenvalue weighted by Crippen LogP contribution is 2.49. The Labute approximate surface area is 364 Å². The van der Waals surface area contributed by atoms with E-state index in [1.807, 2.05) is 154 Å². The minimum atomic E-state index is -1.16. The maximum atomic E-state index is 14.3. The number of benzene rings is 6. The van der Waals surface area contributed by atoms with Gasteiger partial charge in [0.2, 0.25) is 0 Å². The van der Waals surface area contributed by atoms with Crippen molar-refractivity contribution >= 4 is 5.78 Å². The average molecular weight is 837 g/mol. The second-order valence-corrected chi connectivity index (χ2v) is 16.7. The maximum Gasteiger partial charge on any atom is 0.170 e. The highest BCUT2D eigenvalue weighted by molar-refractivity contribution is 6.01. The second-order valence-electron chi connectivity index (χ2n) is 16.7. The first-order valence-electron chi connectivity index (χ1n) is 21.1. The largest absolute Gasteiger partial charge is 0.507 e. The lowest BCUT2D eigenvalue weighted by Crippen LogP contribution is -2.58. The molecule has 322 valence electrons. The molecule has 6 aromatic rings. The molecule has 0 radical (unpaired) electrons. The van der Waals surface area contributed by atoms with Crippen LogP contribution < -0.4 is 4.74 Å². The third-order valence-corrected chi connectivity index (χ3v) is 11.1. The molecule has 9 heteroatoms. The molecule has 6 aromatic carbocycles. The number of carbonyl (C=O) groups is 1. The summed E-state index contributed by atoms with van der Waals surface area (Å²) in [4.78, 5) is 14.3. The zero-order valence-corrected chi connectivity index (χ0v) is 35.8. The van der Waals surface area contributed by atoms with Crippen LogP contribution in [0.1, 0.15) is 76.2 Å². The molecule has 9 nitrogen and oxygen atoms in total. The molecule has 0 spiro atoms.